The first-order valence-electron chi connectivity index (χ1n) is 7.26. The molecule has 1 fully saturated rings. The van der Waals surface area contributed by atoms with Crippen LogP contribution >= 0.6 is 0 Å². The first-order valence-corrected chi connectivity index (χ1v) is 7.26. The topological polar surface area (TPSA) is 24.5 Å². The summed E-state index contributed by atoms with van der Waals surface area (Å²) in [6, 6.07) is 1.22. The Morgan fingerprint density at radius 2 is 2.12 bits per heavy atom. The zero-order chi connectivity index (χ0) is 12.7. The summed E-state index contributed by atoms with van der Waals surface area (Å²) < 4.78 is 5.74. The van der Waals surface area contributed by atoms with Crippen molar-refractivity contribution in [3.8, 4) is 0 Å². The molecule has 0 amide bonds. The van der Waals surface area contributed by atoms with E-state index in [-0.39, 0.29) is 0 Å². The van der Waals surface area contributed by atoms with Crippen LogP contribution < -0.4 is 5.32 Å². The second-order valence-corrected chi connectivity index (χ2v) is 5.35. The Hall–Kier alpha value is -0.120. The molecule has 0 spiro atoms. The predicted octanol–water partition coefficient (Wildman–Crippen LogP) is 2.26. The van der Waals surface area contributed by atoms with Gasteiger partial charge in [-0.05, 0) is 25.8 Å². The van der Waals surface area contributed by atoms with Crippen LogP contribution in [0.25, 0.3) is 0 Å². The van der Waals surface area contributed by atoms with Crippen LogP contribution in [0.2, 0.25) is 0 Å². The van der Waals surface area contributed by atoms with Crippen molar-refractivity contribution in [1.82, 2.24) is 10.2 Å². The number of likely N-dealkylation sites (N-methyl/N-ethyl adjacent to an activating group) is 1. The van der Waals surface area contributed by atoms with Gasteiger partial charge in [-0.3, -0.25) is 4.90 Å². The van der Waals surface area contributed by atoms with Gasteiger partial charge in [-0.15, -0.1) is 0 Å². The summed E-state index contributed by atoms with van der Waals surface area (Å²) in [6.45, 7) is 13.2. The van der Waals surface area contributed by atoms with Crippen LogP contribution in [0.3, 0.4) is 0 Å². The molecular weight excluding hydrogens is 212 g/mol. The van der Waals surface area contributed by atoms with Crippen molar-refractivity contribution in [3.63, 3.8) is 0 Å². The van der Waals surface area contributed by atoms with E-state index in [1.807, 2.05) is 0 Å². The van der Waals surface area contributed by atoms with E-state index in [9.17, 15) is 0 Å². The first kappa shape index (κ1) is 14.9. The van der Waals surface area contributed by atoms with Gasteiger partial charge >= 0.3 is 0 Å². The van der Waals surface area contributed by atoms with Crippen molar-refractivity contribution in [2.45, 2.75) is 65.1 Å². The van der Waals surface area contributed by atoms with Crippen LogP contribution in [0.4, 0.5) is 0 Å². The maximum absolute atomic E-state index is 5.74. The molecule has 17 heavy (non-hydrogen) atoms. The molecule has 3 heteroatoms. The lowest BCUT2D eigenvalue weighted by Gasteiger charge is -2.32. The number of ether oxygens (including phenoxy) is 1. The van der Waals surface area contributed by atoms with Gasteiger partial charge < -0.3 is 10.1 Å². The van der Waals surface area contributed by atoms with Crippen LogP contribution in [-0.4, -0.2) is 49.3 Å². The van der Waals surface area contributed by atoms with Crippen LogP contribution in [0.1, 0.15) is 47.0 Å². The van der Waals surface area contributed by atoms with Gasteiger partial charge in [0.2, 0.25) is 0 Å². The molecule has 2 unspecified atom stereocenters. The second kappa shape index (κ2) is 8.06. The fourth-order valence-corrected chi connectivity index (χ4v) is 2.49. The molecule has 0 radical (unpaired) electrons. The Labute approximate surface area is 107 Å². The van der Waals surface area contributed by atoms with E-state index in [4.69, 9.17) is 4.74 Å². The van der Waals surface area contributed by atoms with Gasteiger partial charge in [-0.25, -0.2) is 0 Å². The smallest absolute Gasteiger partial charge is 0.0702 e. The molecule has 1 aliphatic rings. The lowest BCUT2D eigenvalue weighted by Crippen LogP contribution is -2.46. The Bertz CT molecular complexity index is 191. The second-order valence-electron chi connectivity index (χ2n) is 5.35. The summed E-state index contributed by atoms with van der Waals surface area (Å²) in [5.41, 5.74) is 0. The van der Waals surface area contributed by atoms with Crippen molar-refractivity contribution in [2.75, 3.05) is 26.2 Å². The first-order chi connectivity index (χ1) is 8.17. The number of nitrogens with one attached hydrogen (secondary N) is 1. The molecule has 0 bridgehead atoms. The van der Waals surface area contributed by atoms with Crippen LogP contribution in [-0.2, 0) is 4.74 Å². The van der Waals surface area contributed by atoms with E-state index < -0.39 is 0 Å². The maximum Gasteiger partial charge on any atom is 0.0702 e. The van der Waals surface area contributed by atoms with Gasteiger partial charge in [0, 0.05) is 31.8 Å². The predicted molar refractivity (Wildman–Crippen MR) is 73.4 cm³/mol. The molecular formula is C14H30N2O. The molecule has 1 rings (SSSR count). The van der Waals surface area contributed by atoms with Gasteiger partial charge in [0.1, 0.15) is 0 Å². The minimum atomic E-state index is 0.475. The average Bonchev–Trinajstić information content (AvgIpc) is 2.80. The van der Waals surface area contributed by atoms with Crippen molar-refractivity contribution >= 4 is 0 Å². The number of rotatable bonds is 8. The Morgan fingerprint density at radius 3 is 2.59 bits per heavy atom. The fourth-order valence-electron chi connectivity index (χ4n) is 2.49. The van der Waals surface area contributed by atoms with E-state index in [0.717, 1.165) is 26.2 Å². The maximum atomic E-state index is 5.74. The van der Waals surface area contributed by atoms with Gasteiger partial charge in [0.25, 0.3) is 0 Å². The molecule has 0 aromatic heterocycles. The van der Waals surface area contributed by atoms with Crippen molar-refractivity contribution in [1.29, 1.82) is 0 Å². The molecule has 0 aromatic rings. The minimum absolute atomic E-state index is 0.475. The van der Waals surface area contributed by atoms with Gasteiger partial charge in [-0.1, -0.05) is 27.7 Å². The zero-order valence-corrected chi connectivity index (χ0v) is 12.0. The summed E-state index contributed by atoms with van der Waals surface area (Å²) in [5.74, 6) is 0. The number of nitrogens with zero attached hydrogens (tertiary/aromatic N) is 1. The third-order valence-electron chi connectivity index (χ3n) is 3.62. The highest BCUT2D eigenvalue weighted by molar-refractivity contribution is 4.77. The van der Waals surface area contributed by atoms with E-state index in [2.05, 4.69) is 37.9 Å². The summed E-state index contributed by atoms with van der Waals surface area (Å²) in [6.07, 6.45) is 4.16. The third-order valence-corrected chi connectivity index (χ3v) is 3.62. The largest absolute Gasteiger partial charge is 0.377 e. The van der Waals surface area contributed by atoms with Gasteiger partial charge in [0.05, 0.1) is 6.10 Å². The van der Waals surface area contributed by atoms with Crippen LogP contribution in [0.5, 0.6) is 0 Å². The molecule has 1 N–H and O–H groups in total. The van der Waals surface area contributed by atoms with E-state index in [1.54, 1.807) is 0 Å². The minimum Gasteiger partial charge on any atom is -0.377 e. The molecule has 0 saturated carbocycles. The lowest BCUT2D eigenvalue weighted by molar-refractivity contribution is 0.0577. The third kappa shape index (κ3) is 5.36. The molecule has 0 aromatic carbocycles. The SMILES string of the molecule is CCC(CNC(C)C)N(CC)CC1CCCO1. The van der Waals surface area contributed by atoms with E-state index >= 15 is 0 Å². The molecule has 1 saturated heterocycles. The molecule has 1 aliphatic heterocycles. The molecule has 3 nitrogen and oxygen atoms in total. The summed E-state index contributed by atoms with van der Waals surface area (Å²) in [4.78, 5) is 2.57. The van der Waals surface area contributed by atoms with E-state index in [1.165, 1.54) is 19.3 Å². The highest BCUT2D eigenvalue weighted by atomic mass is 16.5. The highest BCUT2D eigenvalue weighted by Crippen LogP contribution is 2.15. The highest BCUT2D eigenvalue weighted by Gasteiger charge is 2.22. The normalized spacial score (nSPS) is 22.6. The summed E-state index contributed by atoms with van der Waals surface area (Å²) in [5, 5.41) is 3.55. The number of hydrogen-bond donors (Lipinski definition) is 1. The average molecular weight is 242 g/mol. The van der Waals surface area contributed by atoms with Crippen molar-refractivity contribution in [2.24, 2.45) is 0 Å². The Morgan fingerprint density at radius 1 is 1.35 bits per heavy atom. The fraction of sp³-hybridized carbons (Fsp3) is 1.00. The molecule has 2 atom stereocenters. The summed E-state index contributed by atoms with van der Waals surface area (Å²) >= 11 is 0. The number of hydrogen-bond acceptors (Lipinski definition) is 3. The monoisotopic (exact) mass is 242 g/mol. The van der Waals surface area contributed by atoms with Crippen LogP contribution in [0.15, 0.2) is 0 Å². The molecule has 1 heterocycles. The zero-order valence-electron chi connectivity index (χ0n) is 12.0. The standard InChI is InChI=1S/C14H30N2O/c1-5-13(10-15-12(3)4)16(6-2)11-14-8-7-9-17-14/h12-15H,5-11H2,1-4H3. The Kier molecular flexibility index (Phi) is 7.09. The van der Waals surface area contributed by atoms with Crippen LogP contribution in [0, 0.1) is 0 Å². The lowest BCUT2D eigenvalue weighted by atomic mass is 10.1. The quantitative estimate of drug-likeness (QED) is 0.706. The van der Waals surface area contributed by atoms with Gasteiger partial charge in [-0.2, -0.15) is 0 Å². The van der Waals surface area contributed by atoms with Crippen molar-refractivity contribution in [3.05, 3.63) is 0 Å². The van der Waals surface area contributed by atoms with E-state index in [0.29, 0.717) is 18.2 Å². The summed E-state index contributed by atoms with van der Waals surface area (Å²) in [7, 11) is 0. The van der Waals surface area contributed by atoms with Gasteiger partial charge in [0.15, 0.2) is 0 Å². The molecule has 102 valence electrons. The van der Waals surface area contributed by atoms with Crippen molar-refractivity contribution < 1.29 is 4.74 Å². The Balaban J connectivity index is 2.38. The molecule has 0 aliphatic carbocycles.